The van der Waals surface area contributed by atoms with Gasteiger partial charge in [-0.1, -0.05) is 26.0 Å². The summed E-state index contributed by atoms with van der Waals surface area (Å²) in [6.45, 7) is 4.91. The van der Waals surface area contributed by atoms with Gasteiger partial charge in [0.25, 0.3) is 0 Å². The number of aliphatic hydroxyl groups is 1. The van der Waals surface area contributed by atoms with Crippen LogP contribution in [0.15, 0.2) is 24.3 Å². The molecule has 0 radical (unpaired) electrons. The third-order valence-corrected chi connectivity index (χ3v) is 2.81. The van der Waals surface area contributed by atoms with Crippen LogP contribution >= 0.6 is 0 Å². The monoisotopic (exact) mass is 236 g/mol. The maximum Gasteiger partial charge on any atom is 0.248 e. The number of carbonyl (C=O) groups is 1. The van der Waals surface area contributed by atoms with E-state index in [0.717, 1.165) is 5.56 Å². The van der Waals surface area contributed by atoms with Gasteiger partial charge in [0.15, 0.2) is 0 Å². The molecule has 4 nitrogen and oxygen atoms in total. The summed E-state index contributed by atoms with van der Waals surface area (Å²) >= 11 is 0. The summed E-state index contributed by atoms with van der Waals surface area (Å²) in [6.07, 6.45) is 0. The van der Waals surface area contributed by atoms with Crippen LogP contribution in [0.3, 0.4) is 0 Å². The number of aliphatic hydroxyl groups excluding tert-OH is 1. The maximum absolute atomic E-state index is 10.9. The van der Waals surface area contributed by atoms with E-state index in [4.69, 9.17) is 10.8 Å². The minimum atomic E-state index is -0.417. The Morgan fingerprint density at radius 1 is 1.35 bits per heavy atom. The molecule has 0 aliphatic rings. The van der Waals surface area contributed by atoms with Gasteiger partial charge in [-0.25, -0.2) is 0 Å². The zero-order valence-electron chi connectivity index (χ0n) is 10.3. The predicted molar refractivity (Wildman–Crippen MR) is 67.5 cm³/mol. The second-order valence-corrected chi connectivity index (χ2v) is 4.48. The van der Waals surface area contributed by atoms with Crippen molar-refractivity contribution in [1.29, 1.82) is 0 Å². The second-order valence-electron chi connectivity index (χ2n) is 4.48. The third kappa shape index (κ3) is 4.17. The Morgan fingerprint density at radius 3 is 2.35 bits per heavy atom. The Bertz CT molecular complexity index is 360. The van der Waals surface area contributed by atoms with Gasteiger partial charge in [-0.3, -0.25) is 4.79 Å². The van der Waals surface area contributed by atoms with Crippen LogP contribution in [-0.2, 0) is 6.54 Å². The number of rotatable bonds is 6. The van der Waals surface area contributed by atoms with Crippen molar-refractivity contribution in [3.63, 3.8) is 0 Å². The first-order chi connectivity index (χ1) is 8.04. The molecule has 17 heavy (non-hydrogen) atoms. The van der Waals surface area contributed by atoms with E-state index in [1.165, 1.54) is 0 Å². The maximum atomic E-state index is 10.9. The van der Waals surface area contributed by atoms with Gasteiger partial charge in [0.1, 0.15) is 0 Å². The molecule has 4 heteroatoms. The molecule has 0 aliphatic carbocycles. The molecule has 1 amide bonds. The van der Waals surface area contributed by atoms with Gasteiger partial charge in [0.05, 0.1) is 6.61 Å². The lowest BCUT2D eigenvalue weighted by atomic mass is 10.0. The summed E-state index contributed by atoms with van der Waals surface area (Å²) in [7, 11) is 0. The minimum Gasteiger partial charge on any atom is -0.395 e. The van der Waals surface area contributed by atoms with Gasteiger partial charge in [0, 0.05) is 18.2 Å². The van der Waals surface area contributed by atoms with Crippen LogP contribution < -0.4 is 11.1 Å². The summed E-state index contributed by atoms with van der Waals surface area (Å²) in [4.78, 5) is 10.9. The fraction of sp³-hybridized carbons (Fsp3) is 0.462. The molecule has 1 aromatic carbocycles. The average molecular weight is 236 g/mol. The van der Waals surface area contributed by atoms with E-state index in [1.54, 1.807) is 12.1 Å². The molecule has 0 fully saturated rings. The van der Waals surface area contributed by atoms with Crippen molar-refractivity contribution in [3.05, 3.63) is 35.4 Å². The SMILES string of the molecule is CC(C)C(CO)NCc1ccc(C(N)=O)cc1. The molecule has 1 rings (SSSR count). The van der Waals surface area contributed by atoms with Crippen LogP contribution in [0.5, 0.6) is 0 Å². The lowest BCUT2D eigenvalue weighted by Gasteiger charge is -2.19. The van der Waals surface area contributed by atoms with Crippen molar-refractivity contribution >= 4 is 5.91 Å². The molecule has 1 aromatic rings. The molecule has 0 aliphatic heterocycles. The third-order valence-electron chi connectivity index (χ3n) is 2.81. The molecular weight excluding hydrogens is 216 g/mol. The molecule has 0 spiro atoms. The Balaban J connectivity index is 2.55. The fourth-order valence-corrected chi connectivity index (χ4v) is 1.55. The molecule has 4 N–H and O–H groups in total. The van der Waals surface area contributed by atoms with Gasteiger partial charge in [-0.2, -0.15) is 0 Å². The summed E-state index contributed by atoms with van der Waals surface area (Å²) in [6, 6.07) is 7.24. The predicted octanol–water partition coefficient (Wildman–Crippen LogP) is 0.892. The van der Waals surface area contributed by atoms with Crippen LogP contribution in [0.1, 0.15) is 29.8 Å². The van der Waals surface area contributed by atoms with E-state index < -0.39 is 5.91 Å². The highest BCUT2D eigenvalue weighted by molar-refractivity contribution is 5.92. The highest BCUT2D eigenvalue weighted by atomic mass is 16.3. The molecule has 94 valence electrons. The number of nitrogens with two attached hydrogens (primary N) is 1. The average Bonchev–Trinajstić information content (AvgIpc) is 2.30. The van der Waals surface area contributed by atoms with Crippen LogP contribution in [0.4, 0.5) is 0 Å². The molecular formula is C13H20N2O2. The minimum absolute atomic E-state index is 0.0887. The summed E-state index contributed by atoms with van der Waals surface area (Å²) in [5.74, 6) is -0.0372. The number of primary amides is 1. The number of nitrogens with one attached hydrogen (secondary N) is 1. The summed E-state index contributed by atoms with van der Waals surface area (Å²) in [5, 5.41) is 12.4. The lowest BCUT2D eigenvalue weighted by Crippen LogP contribution is -2.36. The van der Waals surface area contributed by atoms with Gasteiger partial charge >= 0.3 is 0 Å². The first kappa shape index (κ1) is 13.7. The molecule has 0 saturated heterocycles. The van der Waals surface area contributed by atoms with E-state index in [0.29, 0.717) is 18.0 Å². The van der Waals surface area contributed by atoms with E-state index in [1.807, 2.05) is 12.1 Å². The highest BCUT2D eigenvalue weighted by Crippen LogP contribution is 2.06. The number of carbonyl (C=O) groups excluding carboxylic acids is 1. The number of amides is 1. The van der Waals surface area contributed by atoms with Crippen LogP contribution in [0.25, 0.3) is 0 Å². The van der Waals surface area contributed by atoms with Crippen molar-refractivity contribution in [2.24, 2.45) is 11.7 Å². The van der Waals surface area contributed by atoms with E-state index in [9.17, 15) is 4.79 Å². The normalized spacial score (nSPS) is 12.7. The summed E-state index contributed by atoms with van der Waals surface area (Å²) in [5.41, 5.74) is 6.73. The molecule has 0 aromatic heterocycles. The Morgan fingerprint density at radius 2 is 1.94 bits per heavy atom. The molecule has 1 unspecified atom stereocenters. The van der Waals surface area contributed by atoms with E-state index in [-0.39, 0.29) is 12.6 Å². The van der Waals surface area contributed by atoms with Crippen LogP contribution in [0.2, 0.25) is 0 Å². The fourth-order valence-electron chi connectivity index (χ4n) is 1.55. The van der Waals surface area contributed by atoms with Crippen LogP contribution in [0, 0.1) is 5.92 Å². The molecule has 0 bridgehead atoms. The highest BCUT2D eigenvalue weighted by Gasteiger charge is 2.10. The Kier molecular flexibility index (Phi) is 5.12. The van der Waals surface area contributed by atoms with Crippen molar-refractivity contribution in [3.8, 4) is 0 Å². The quantitative estimate of drug-likeness (QED) is 0.686. The van der Waals surface area contributed by atoms with E-state index >= 15 is 0 Å². The van der Waals surface area contributed by atoms with Crippen molar-refractivity contribution < 1.29 is 9.90 Å². The van der Waals surface area contributed by atoms with E-state index in [2.05, 4.69) is 19.2 Å². The Hall–Kier alpha value is -1.39. The van der Waals surface area contributed by atoms with Crippen molar-refractivity contribution in [1.82, 2.24) is 5.32 Å². The van der Waals surface area contributed by atoms with Gasteiger partial charge in [-0.15, -0.1) is 0 Å². The zero-order chi connectivity index (χ0) is 12.8. The molecule has 0 saturated carbocycles. The number of hydrogen-bond acceptors (Lipinski definition) is 3. The first-order valence-electron chi connectivity index (χ1n) is 5.77. The molecule has 0 heterocycles. The summed E-state index contributed by atoms with van der Waals surface area (Å²) < 4.78 is 0. The van der Waals surface area contributed by atoms with Gasteiger partial charge in [0.2, 0.25) is 5.91 Å². The smallest absolute Gasteiger partial charge is 0.248 e. The standard InChI is InChI=1S/C13H20N2O2/c1-9(2)12(8-16)15-7-10-3-5-11(6-4-10)13(14)17/h3-6,9,12,15-16H,7-8H2,1-2H3,(H2,14,17). The van der Waals surface area contributed by atoms with Crippen molar-refractivity contribution in [2.75, 3.05) is 6.61 Å². The van der Waals surface area contributed by atoms with Crippen LogP contribution in [-0.4, -0.2) is 23.7 Å². The topological polar surface area (TPSA) is 75.3 Å². The Labute approximate surface area is 102 Å². The number of benzene rings is 1. The van der Waals surface area contributed by atoms with Gasteiger partial charge < -0.3 is 16.2 Å². The van der Waals surface area contributed by atoms with Crippen molar-refractivity contribution in [2.45, 2.75) is 26.4 Å². The zero-order valence-corrected chi connectivity index (χ0v) is 10.3. The first-order valence-corrected chi connectivity index (χ1v) is 5.77. The largest absolute Gasteiger partial charge is 0.395 e. The lowest BCUT2D eigenvalue weighted by molar-refractivity contribution is 0.100. The number of hydrogen-bond donors (Lipinski definition) is 3. The van der Waals surface area contributed by atoms with Gasteiger partial charge in [-0.05, 0) is 23.6 Å². The molecule has 1 atom stereocenters. The second kappa shape index (κ2) is 6.37.